The van der Waals surface area contributed by atoms with Gasteiger partial charge in [-0.1, -0.05) is 11.6 Å². The highest BCUT2D eigenvalue weighted by atomic mass is 35.5. The maximum atomic E-state index is 11.9. The lowest BCUT2D eigenvalue weighted by Crippen LogP contribution is -2.41. The molecule has 0 saturated heterocycles. The minimum absolute atomic E-state index is 0.0441. The molecular weight excluding hydrogens is 308 g/mol. The van der Waals surface area contributed by atoms with Gasteiger partial charge in [-0.2, -0.15) is 5.26 Å². The molecule has 2 amide bonds. The molecule has 0 aliphatic heterocycles. The third-order valence-electron chi connectivity index (χ3n) is 3.62. The molecule has 3 N–H and O–H groups in total. The first-order valence-corrected chi connectivity index (χ1v) is 7.23. The number of halogens is 1. The van der Waals surface area contributed by atoms with E-state index in [1.807, 2.05) is 6.07 Å². The van der Waals surface area contributed by atoms with E-state index >= 15 is 0 Å². The van der Waals surface area contributed by atoms with Crippen LogP contribution >= 0.6 is 11.6 Å². The van der Waals surface area contributed by atoms with Gasteiger partial charge in [-0.3, -0.25) is 4.79 Å². The fourth-order valence-electron chi connectivity index (χ4n) is 2.43. The van der Waals surface area contributed by atoms with Crippen LogP contribution in [-0.4, -0.2) is 28.1 Å². The van der Waals surface area contributed by atoms with Gasteiger partial charge in [-0.05, 0) is 31.7 Å². The summed E-state index contributed by atoms with van der Waals surface area (Å²) in [5, 5.41) is 23.2. The standard InChI is InChI=1S/C14H15ClN4O3/c15-11-5-10(7-17-12(11)6-16)19-14(22)18-9-3-1-8(2-4-9)13(20)21/h5,7-9H,1-4H2,(H,20,21)(H2,18,19,22). The summed E-state index contributed by atoms with van der Waals surface area (Å²) in [6, 6.07) is 2.84. The largest absolute Gasteiger partial charge is 0.481 e. The third kappa shape index (κ3) is 4.09. The molecule has 1 aromatic rings. The minimum atomic E-state index is -0.777. The van der Waals surface area contributed by atoms with E-state index in [2.05, 4.69) is 15.6 Å². The summed E-state index contributed by atoms with van der Waals surface area (Å²) in [6.07, 6.45) is 3.74. The number of carbonyl (C=O) groups excluding carboxylic acids is 1. The average Bonchev–Trinajstić information content (AvgIpc) is 2.48. The molecule has 0 bridgehead atoms. The number of pyridine rings is 1. The number of rotatable bonds is 3. The van der Waals surface area contributed by atoms with Crippen LogP contribution in [0.15, 0.2) is 12.3 Å². The lowest BCUT2D eigenvalue weighted by atomic mass is 9.86. The summed E-state index contributed by atoms with van der Waals surface area (Å²) in [6.45, 7) is 0. The van der Waals surface area contributed by atoms with Crippen LogP contribution in [-0.2, 0) is 4.79 Å². The third-order valence-corrected chi connectivity index (χ3v) is 3.90. The van der Waals surface area contributed by atoms with E-state index in [-0.39, 0.29) is 22.7 Å². The Morgan fingerprint density at radius 1 is 1.36 bits per heavy atom. The Hall–Kier alpha value is -2.33. The molecule has 0 aromatic carbocycles. The number of hydrogen-bond acceptors (Lipinski definition) is 4. The second-order valence-corrected chi connectivity index (χ2v) is 5.56. The summed E-state index contributed by atoms with van der Waals surface area (Å²) in [5.41, 5.74) is 0.486. The highest BCUT2D eigenvalue weighted by molar-refractivity contribution is 6.31. The lowest BCUT2D eigenvalue weighted by molar-refractivity contribution is -0.142. The van der Waals surface area contributed by atoms with Crippen molar-refractivity contribution < 1.29 is 14.7 Å². The summed E-state index contributed by atoms with van der Waals surface area (Å²) in [4.78, 5) is 26.6. The van der Waals surface area contributed by atoms with Gasteiger partial charge in [0.05, 0.1) is 22.8 Å². The lowest BCUT2D eigenvalue weighted by Gasteiger charge is -2.26. The number of amides is 2. The predicted octanol–water partition coefficient (Wildman–Crippen LogP) is 2.37. The van der Waals surface area contributed by atoms with Crippen LogP contribution in [0.25, 0.3) is 0 Å². The molecule has 0 unspecified atom stereocenters. The minimum Gasteiger partial charge on any atom is -0.481 e. The Morgan fingerprint density at radius 2 is 2.05 bits per heavy atom. The maximum Gasteiger partial charge on any atom is 0.319 e. The van der Waals surface area contributed by atoms with Crippen molar-refractivity contribution in [2.75, 3.05) is 5.32 Å². The quantitative estimate of drug-likeness (QED) is 0.790. The Balaban J connectivity index is 1.85. The molecule has 1 aliphatic rings. The molecule has 0 radical (unpaired) electrons. The van der Waals surface area contributed by atoms with E-state index in [1.165, 1.54) is 12.3 Å². The number of urea groups is 1. The van der Waals surface area contributed by atoms with E-state index in [4.69, 9.17) is 22.0 Å². The van der Waals surface area contributed by atoms with Gasteiger partial charge in [-0.15, -0.1) is 0 Å². The van der Waals surface area contributed by atoms with Crippen molar-refractivity contribution >= 4 is 29.3 Å². The molecule has 1 heterocycles. The molecular formula is C14H15ClN4O3. The Morgan fingerprint density at radius 3 is 2.59 bits per heavy atom. The van der Waals surface area contributed by atoms with Crippen LogP contribution in [0, 0.1) is 17.2 Å². The fraction of sp³-hybridized carbons (Fsp3) is 0.429. The van der Waals surface area contributed by atoms with Crippen LogP contribution in [0.3, 0.4) is 0 Å². The van der Waals surface area contributed by atoms with Crippen molar-refractivity contribution in [1.82, 2.24) is 10.3 Å². The fourth-order valence-corrected chi connectivity index (χ4v) is 2.63. The van der Waals surface area contributed by atoms with Crippen LogP contribution in [0.4, 0.5) is 10.5 Å². The molecule has 1 saturated carbocycles. The number of nitriles is 1. The number of carbonyl (C=O) groups is 2. The Kier molecular flexibility index (Phi) is 5.17. The van der Waals surface area contributed by atoms with E-state index in [0.717, 1.165) is 0 Å². The van der Waals surface area contributed by atoms with Crippen molar-refractivity contribution in [3.8, 4) is 6.07 Å². The highest BCUT2D eigenvalue weighted by Crippen LogP contribution is 2.24. The average molecular weight is 323 g/mol. The molecule has 22 heavy (non-hydrogen) atoms. The molecule has 116 valence electrons. The summed E-state index contributed by atoms with van der Waals surface area (Å²) < 4.78 is 0. The number of aromatic nitrogens is 1. The molecule has 1 aliphatic carbocycles. The number of nitrogens with one attached hydrogen (secondary N) is 2. The SMILES string of the molecule is N#Cc1ncc(NC(=O)NC2CCC(C(=O)O)CC2)cc1Cl. The smallest absolute Gasteiger partial charge is 0.319 e. The predicted molar refractivity (Wildman–Crippen MR) is 79.5 cm³/mol. The summed E-state index contributed by atoms with van der Waals surface area (Å²) in [5.74, 6) is -1.09. The molecule has 8 heteroatoms. The van der Waals surface area contributed by atoms with E-state index in [0.29, 0.717) is 31.4 Å². The number of nitrogens with zero attached hydrogens (tertiary/aromatic N) is 2. The van der Waals surface area contributed by atoms with E-state index < -0.39 is 12.0 Å². The van der Waals surface area contributed by atoms with E-state index in [1.54, 1.807) is 0 Å². The van der Waals surface area contributed by atoms with Gasteiger partial charge in [0.1, 0.15) is 6.07 Å². The van der Waals surface area contributed by atoms with Crippen molar-refractivity contribution in [2.45, 2.75) is 31.7 Å². The molecule has 1 fully saturated rings. The first kappa shape index (κ1) is 16.0. The van der Waals surface area contributed by atoms with Crippen molar-refractivity contribution in [1.29, 1.82) is 5.26 Å². The number of hydrogen-bond donors (Lipinski definition) is 3. The zero-order valence-corrected chi connectivity index (χ0v) is 12.4. The monoisotopic (exact) mass is 322 g/mol. The second-order valence-electron chi connectivity index (χ2n) is 5.15. The molecule has 7 nitrogen and oxygen atoms in total. The van der Waals surface area contributed by atoms with E-state index in [9.17, 15) is 9.59 Å². The van der Waals surface area contributed by atoms with Gasteiger partial charge in [0.25, 0.3) is 0 Å². The summed E-state index contributed by atoms with van der Waals surface area (Å²) in [7, 11) is 0. The van der Waals surface area contributed by atoms with Crippen LogP contribution < -0.4 is 10.6 Å². The molecule has 0 atom stereocenters. The van der Waals surface area contributed by atoms with Crippen LogP contribution in [0.5, 0.6) is 0 Å². The molecule has 0 spiro atoms. The number of carboxylic acids is 1. The van der Waals surface area contributed by atoms with Crippen molar-refractivity contribution in [2.24, 2.45) is 5.92 Å². The zero-order valence-electron chi connectivity index (χ0n) is 11.7. The number of anilines is 1. The zero-order chi connectivity index (χ0) is 16.1. The van der Waals surface area contributed by atoms with Crippen molar-refractivity contribution in [3.05, 3.63) is 23.0 Å². The Bertz CT molecular complexity index is 621. The number of carboxylic acid groups (broad SMARTS) is 1. The highest BCUT2D eigenvalue weighted by Gasteiger charge is 2.26. The molecule has 2 rings (SSSR count). The number of aliphatic carboxylic acids is 1. The topological polar surface area (TPSA) is 115 Å². The van der Waals surface area contributed by atoms with Gasteiger partial charge in [-0.25, -0.2) is 9.78 Å². The first-order valence-electron chi connectivity index (χ1n) is 6.85. The first-order chi connectivity index (χ1) is 10.5. The molecule has 1 aromatic heterocycles. The maximum absolute atomic E-state index is 11.9. The van der Waals surface area contributed by atoms with Gasteiger partial charge in [0, 0.05) is 6.04 Å². The van der Waals surface area contributed by atoms with Gasteiger partial charge in [0.15, 0.2) is 5.69 Å². The second kappa shape index (κ2) is 7.09. The Labute approximate surface area is 132 Å². The van der Waals surface area contributed by atoms with Crippen LogP contribution in [0.1, 0.15) is 31.4 Å². The van der Waals surface area contributed by atoms with Crippen LogP contribution in [0.2, 0.25) is 5.02 Å². The van der Waals surface area contributed by atoms with Gasteiger partial charge in [0.2, 0.25) is 0 Å². The van der Waals surface area contributed by atoms with Crippen molar-refractivity contribution in [3.63, 3.8) is 0 Å². The van der Waals surface area contributed by atoms with Gasteiger partial charge >= 0.3 is 12.0 Å². The summed E-state index contributed by atoms with van der Waals surface area (Å²) >= 11 is 5.84. The van der Waals surface area contributed by atoms with Gasteiger partial charge < -0.3 is 15.7 Å². The normalized spacial score (nSPS) is 20.7.